The summed E-state index contributed by atoms with van der Waals surface area (Å²) >= 11 is 0. The highest BCUT2D eigenvalue weighted by Gasteiger charge is 2.50. The zero-order chi connectivity index (χ0) is 47.2. The van der Waals surface area contributed by atoms with Crippen LogP contribution in [0.4, 0.5) is 45.5 Å². The molecule has 68 heavy (non-hydrogen) atoms. The van der Waals surface area contributed by atoms with Gasteiger partial charge >= 0.3 is 6.85 Å². The molecule has 0 fully saturated rings. The molecule has 0 saturated heterocycles. The lowest BCUT2D eigenvalue weighted by Gasteiger charge is -2.50. The molecule has 336 valence electrons. The van der Waals surface area contributed by atoms with Gasteiger partial charge in [0.05, 0.1) is 5.69 Å². The van der Waals surface area contributed by atoms with Crippen molar-refractivity contribution in [2.75, 3.05) is 14.6 Å². The first-order valence-electron chi connectivity index (χ1n) is 24.5. The number of fused-ring (bicyclic) bond motifs is 10. The van der Waals surface area contributed by atoms with Crippen LogP contribution in [0.3, 0.4) is 0 Å². The number of benzene rings is 8. The Bertz CT molecular complexity index is 3430. The second-order valence-corrected chi connectivity index (χ2v) is 23.1. The number of furan rings is 1. The Morgan fingerprint density at radius 3 is 1.69 bits per heavy atom. The highest BCUT2D eigenvalue weighted by atomic mass is 16.3. The molecule has 0 radical (unpaired) electrons. The molecule has 3 aliphatic rings. The van der Waals surface area contributed by atoms with Gasteiger partial charge in [0, 0.05) is 67.1 Å². The Morgan fingerprint density at radius 2 is 1.06 bits per heavy atom. The number of hydrogen-bond donors (Lipinski definition) is 0. The summed E-state index contributed by atoms with van der Waals surface area (Å²) in [6.45, 7) is 25.2. The molecule has 0 N–H and O–H groups in total. The Balaban J connectivity index is 1.19. The maximum atomic E-state index is 7.18. The van der Waals surface area contributed by atoms with Gasteiger partial charge in [0.1, 0.15) is 11.2 Å². The van der Waals surface area contributed by atoms with E-state index in [-0.39, 0.29) is 28.5 Å². The van der Waals surface area contributed by atoms with Crippen LogP contribution in [-0.2, 0) is 21.7 Å². The van der Waals surface area contributed by atoms with Crippen molar-refractivity contribution in [1.82, 2.24) is 0 Å². The fourth-order valence-electron chi connectivity index (χ4n) is 11.6. The van der Waals surface area contributed by atoms with Crippen molar-refractivity contribution in [3.63, 3.8) is 0 Å². The first kappa shape index (κ1) is 42.4. The third kappa shape index (κ3) is 6.27. The minimum atomic E-state index is -0.217. The first-order valence-corrected chi connectivity index (χ1v) is 24.5. The summed E-state index contributed by atoms with van der Waals surface area (Å²) in [5.74, 6) is 0. The second-order valence-electron chi connectivity index (χ2n) is 23.1. The molecule has 4 heterocycles. The molecule has 3 aliphatic heterocycles. The fraction of sp³-hybridized carbons (Fsp3) is 0.238. The topological polar surface area (TPSA) is 22.9 Å². The molecule has 5 heteroatoms. The van der Waals surface area contributed by atoms with Crippen molar-refractivity contribution in [2.45, 2.75) is 97.8 Å². The molecule has 0 spiro atoms. The van der Waals surface area contributed by atoms with Gasteiger partial charge in [0.25, 0.3) is 0 Å². The van der Waals surface area contributed by atoms with Gasteiger partial charge in [0.15, 0.2) is 0 Å². The van der Waals surface area contributed by atoms with Crippen LogP contribution in [0.25, 0.3) is 33.1 Å². The van der Waals surface area contributed by atoms with Gasteiger partial charge < -0.3 is 19.0 Å². The molecule has 8 aromatic carbocycles. The standard InChI is InChI=1S/C63H60BN3O/c1-60(2,3)39-23-29-42(30-24-39)65(43-31-25-40(26-32-43)61(4,5)6)45-35-36-52-48(37-45)56-57-54(38-47-46-17-12-15-22-55(46)68-59(47)56)66-53-21-14-13-18-49(53)63(10,11)50-19-16-20-51(58(50)66)64(57)67(52)44-33-27-41(28-34-44)62(7,8)9/h12-38H,1-11H3. The SMILES string of the molecule is CC(C)(C)c1ccc(N2B3c4cccc5c4N(c4ccccc4C5(C)C)c4cc5c(oc6ccccc65)c(c43)-c3cc(N(c4ccc(C(C)(C)C)cc4)c4ccc(C(C)(C)C)cc4)ccc32)cc1. The third-order valence-corrected chi connectivity index (χ3v) is 15.3. The summed E-state index contributed by atoms with van der Waals surface area (Å²) in [6.07, 6.45) is 0. The van der Waals surface area contributed by atoms with E-state index in [4.69, 9.17) is 4.42 Å². The minimum absolute atomic E-state index is 0.0162. The Hall–Kier alpha value is -6.98. The summed E-state index contributed by atoms with van der Waals surface area (Å²) in [7, 11) is 0. The third-order valence-electron chi connectivity index (χ3n) is 15.3. The van der Waals surface area contributed by atoms with E-state index >= 15 is 0 Å². The monoisotopic (exact) mass is 885 g/mol. The highest BCUT2D eigenvalue weighted by Crippen LogP contribution is 2.57. The molecule has 0 aliphatic carbocycles. The summed E-state index contributed by atoms with van der Waals surface area (Å²) in [6, 6.07) is 62.0. The molecule has 9 aromatic rings. The van der Waals surface area contributed by atoms with Crippen LogP contribution >= 0.6 is 0 Å². The van der Waals surface area contributed by atoms with Gasteiger partial charge in [-0.05, 0) is 128 Å². The summed E-state index contributed by atoms with van der Waals surface area (Å²) in [4.78, 5) is 7.66. The largest absolute Gasteiger partial charge is 0.455 e. The van der Waals surface area contributed by atoms with E-state index in [1.165, 1.54) is 55.8 Å². The van der Waals surface area contributed by atoms with Gasteiger partial charge in [-0.15, -0.1) is 0 Å². The molecule has 4 nitrogen and oxygen atoms in total. The maximum Gasteiger partial charge on any atom is 0.333 e. The smallest absolute Gasteiger partial charge is 0.333 e. The molecule has 0 unspecified atom stereocenters. The lowest BCUT2D eigenvalue weighted by molar-refractivity contribution is 0.590. The average Bonchev–Trinajstić information content (AvgIpc) is 3.69. The van der Waals surface area contributed by atoms with Crippen LogP contribution in [-0.4, -0.2) is 6.85 Å². The van der Waals surface area contributed by atoms with E-state index in [9.17, 15) is 0 Å². The second kappa shape index (κ2) is 14.5. The molecule has 0 saturated carbocycles. The van der Waals surface area contributed by atoms with Crippen molar-refractivity contribution >= 4 is 85.2 Å². The van der Waals surface area contributed by atoms with Gasteiger partial charge in [-0.3, -0.25) is 0 Å². The van der Waals surface area contributed by atoms with Crippen molar-refractivity contribution < 1.29 is 4.42 Å². The van der Waals surface area contributed by atoms with Crippen LogP contribution in [0.1, 0.15) is 104 Å². The normalized spacial score (nSPS) is 14.7. The number of nitrogens with zero attached hydrogens (tertiary/aromatic N) is 3. The summed E-state index contributed by atoms with van der Waals surface area (Å²) < 4.78 is 7.18. The molecular weight excluding hydrogens is 826 g/mol. The van der Waals surface area contributed by atoms with E-state index in [1.54, 1.807) is 0 Å². The number of hydrogen-bond acceptors (Lipinski definition) is 4. The van der Waals surface area contributed by atoms with Gasteiger partial charge in [0.2, 0.25) is 0 Å². The lowest BCUT2D eigenvalue weighted by Crippen LogP contribution is -2.62. The Kier molecular flexibility index (Phi) is 9.05. The Labute approximate surface area is 403 Å². The van der Waals surface area contributed by atoms with Crippen LogP contribution in [0, 0.1) is 0 Å². The predicted octanol–water partition coefficient (Wildman–Crippen LogP) is 16.3. The molecule has 12 rings (SSSR count). The van der Waals surface area contributed by atoms with Crippen molar-refractivity contribution in [3.8, 4) is 11.1 Å². The fourth-order valence-corrected chi connectivity index (χ4v) is 11.6. The van der Waals surface area contributed by atoms with Crippen molar-refractivity contribution in [2.24, 2.45) is 0 Å². The lowest BCUT2D eigenvalue weighted by atomic mass is 9.42. The quantitative estimate of drug-likeness (QED) is 0.164. The number of rotatable bonds is 4. The van der Waals surface area contributed by atoms with E-state index in [0.29, 0.717) is 0 Å². The first-order chi connectivity index (χ1) is 32.4. The number of para-hydroxylation sites is 3. The zero-order valence-corrected chi connectivity index (χ0v) is 41.4. The summed E-state index contributed by atoms with van der Waals surface area (Å²) in [5.41, 5.74) is 22.5. The van der Waals surface area contributed by atoms with Crippen molar-refractivity contribution in [3.05, 3.63) is 192 Å². The average molecular weight is 886 g/mol. The van der Waals surface area contributed by atoms with Crippen LogP contribution < -0.4 is 25.5 Å². The molecule has 0 bridgehead atoms. The van der Waals surface area contributed by atoms with E-state index in [0.717, 1.165) is 61.5 Å². The molecule has 0 amide bonds. The minimum Gasteiger partial charge on any atom is -0.455 e. The number of anilines is 8. The van der Waals surface area contributed by atoms with E-state index < -0.39 is 0 Å². The van der Waals surface area contributed by atoms with Crippen LogP contribution in [0.5, 0.6) is 0 Å². The van der Waals surface area contributed by atoms with Gasteiger partial charge in [-0.1, -0.05) is 167 Å². The summed E-state index contributed by atoms with van der Waals surface area (Å²) in [5, 5.41) is 2.25. The zero-order valence-electron chi connectivity index (χ0n) is 41.4. The van der Waals surface area contributed by atoms with Crippen molar-refractivity contribution in [1.29, 1.82) is 0 Å². The maximum absolute atomic E-state index is 7.18. The molecule has 1 aromatic heterocycles. The van der Waals surface area contributed by atoms with Gasteiger partial charge in [-0.25, -0.2) is 0 Å². The Morgan fingerprint density at radius 1 is 0.500 bits per heavy atom. The van der Waals surface area contributed by atoms with Crippen LogP contribution in [0.15, 0.2) is 168 Å². The molecule has 0 atom stereocenters. The predicted molar refractivity (Wildman–Crippen MR) is 290 cm³/mol. The van der Waals surface area contributed by atoms with E-state index in [1.807, 2.05) is 0 Å². The highest BCUT2D eigenvalue weighted by molar-refractivity contribution is 6.94. The van der Waals surface area contributed by atoms with Crippen LogP contribution in [0.2, 0.25) is 0 Å². The van der Waals surface area contributed by atoms with E-state index in [2.05, 4.69) is 255 Å². The van der Waals surface area contributed by atoms with Gasteiger partial charge in [-0.2, -0.15) is 0 Å². The molecular formula is C63H60BN3O.